The molecule has 9 nitrogen and oxygen atoms in total. The van der Waals surface area contributed by atoms with E-state index in [9.17, 15) is 16.8 Å². The molecule has 160 valence electrons. The maximum Gasteiger partial charge on any atom is 0.247 e. The summed E-state index contributed by atoms with van der Waals surface area (Å²) in [6, 6.07) is 5.46. The van der Waals surface area contributed by atoms with Crippen LogP contribution < -0.4 is 9.46 Å². The summed E-state index contributed by atoms with van der Waals surface area (Å²) < 4.78 is 65.1. The minimum absolute atomic E-state index is 0.0263. The van der Waals surface area contributed by atoms with E-state index < -0.39 is 26.1 Å². The predicted octanol–water partition coefficient (Wildman–Crippen LogP) is 2.67. The van der Waals surface area contributed by atoms with Crippen molar-refractivity contribution in [1.29, 1.82) is 0 Å². The Labute approximate surface area is 171 Å². The third-order valence-electron chi connectivity index (χ3n) is 4.67. The van der Waals surface area contributed by atoms with Gasteiger partial charge >= 0.3 is 0 Å². The summed E-state index contributed by atoms with van der Waals surface area (Å²) in [7, 11) is -6.05. The highest BCUT2D eigenvalue weighted by atomic mass is 32.2. The molecule has 0 radical (unpaired) electrons. The van der Waals surface area contributed by atoms with Gasteiger partial charge in [-0.3, -0.25) is 4.72 Å². The van der Waals surface area contributed by atoms with Gasteiger partial charge in [-0.2, -0.15) is 4.31 Å². The fourth-order valence-corrected chi connectivity index (χ4v) is 6.35. The number of sulfonamides is 2. The molecule has 1 N–H and O–H groups in total. The molecule has 2 aromatic rings. The van der Waals surface area contributed by atoms with E-state index in [-0.39, 0.29) is 22.1 Å². The van der Waals surface area contributed by atoms with Crippen molar-refractivity contribution in [3.63, 3.8) is 0 Å². The van der Waals surface area contributed by atoms with Crippen LogP contribution in [0.5, 0.6) is 5.75 Å². The molecule has 2 heterocycles. The highest BCUT2D eigenvalue weighted by Gasteiger charge is 2.39. The number of rotatable bonds is 8. The van der Waals surface area contributed by atoms with E-state index in [4.69, 9.17) is 9.26 Å². The Hall–Kier alpha value is -2.11. The molecule has 0 amide bonds. The second-order valence-corrected chi connectivity index (χ2v) is 10.6. The number of aryl methyl sites for hydroxylation is 1. The van der Waals surface area contributed by atoms with Gasteiger partial charge in [-0.05, 0) is 38.3 Å². The lowest BCUT2D eigenvalue weighted by Gasteiger charge is -2.23. The Kier molecular flexibility index (Phi) is 6.20. The Balaban J connectivity index is 1.94. The number of anilines is 1. The second-order valence-electron chi connectivity index (χ2n) is 6.93. The lowest BCUT2D eigenvalue weighted by atomic mass is 10.2. The van der Waals surface area contributed by atoms with Crippen LogP contribution in [0.25, 0.3) is 0 Å². The van der Waals surface area contributed by atoms with Crippen LogP contribution in [0.2, 0.25) is 0 Å². The normalized spacial score (nSPS) is 18.1. The standard InChI is InChI=1S/C18H25N3O6S2/c1-4-10-28(22,23)20-14-7-8-18(17(12-14)26-3)29(24,25)21-9-5-6-15(21)16-11-13(2)19-27-16/h7-8,11-12,15,20H,4-6,9-10H2,1-3H3/t15-/m0/s1. The van der Waals surface area contributed by atoms with Gasteiger partial charge in [-0.1, -0.05) is 12.1 Å². The molecule has 1 aliphatic heterocycles. The molecule has 0 saturated carbocycles. The molecule has 1 aliphatic rings. The molecular formula is C18H25N3O6S2. The van der Waals surface area contributed by atoms with Crippen molar-refractivity contribution < 1.29 is 26.1 Å². The largest absolute Gasteiger partial charge is 0.495 e. The highest BCUT2D eigenvalue weighted by molar-refractivity contribution is 7.92. The van der Waals surface area contributed by atoms with Crippen molar-refractivity contribution >= 4 is 25.7 Å². The van der Waals surface area contributed by atoms with Crippen LogP contribution in [-0.4, -0.2) is 45.7 Å². The van der Waals surface area contributed by atoms with Crippen LogP contribution in [0, 0.1) is 6.92 Å². The molecule has 0 spiro atoms. The summed E-state index contributed by atoms with van der Waals surface area (Å²) in [5, 5.41) is 3.86. The maximum absolute atomic E-state index is 13.3. The van der Waals surface area contributed by atoms with Crippen molar-refractivity contribution in [3.8, 4) is 5.75 Å². The van der Waals surface area contributed by atoms with Gasteiger partial charge in [0.15, 0.2) is 5.76 Å². The van der Waals surface area contributed by atoms with E-state index in [2.05, 4.69) is 9.88 Å². The Morgan fingerprint density at radius 1 is 1.28 bits per heavy atom. The summed E-state index contributed by atoms with van der Waals surface area (Å²) in [4.78, 5) is -0.0263. The first-order valence-corrected chi connectivity index (χ1v) is 12.4. The van der Waals surface area contributed by atoms with Crippen molar-refractivity contribution in [2.24, 2.45) is 0 Å². The van der Waals surface area contributed by atoms with Gasteiger partial charge in [-0.15, -0.1) is 0 Å². The Morgan fingerprint density at radius 2 is 2.03 bits per heavy atom. The fourth-order valence-electron chi connectivity index (χ4n) is 3.42. The number of benzene rings is 1. The minimum atomic E-state index is -3.90. The third-order valence-corrected chi connectivity index (χ3v) is 8.11. The second kappa shape index (κ2) is 8.33. The van der Waals surface area contributed by atoms with Gasteiger partial charge in [0.1, 0.15) is 10.6 Å². The van der Waals surface area contributed by atoms with E-state index in [1.54, 1.807) is 19.9 Å². The molecule has 1 fully saturated rings. The summed E-state index contributed by atoms with van der Waals surface area (Å²) in [5.41, 5.74) is 0.934. The number of nitrogens with zero attached hydrogens (tertiary/aromatic N) is 2. The third kappa shape index (κ3) is 4.57. The van der Waals surface area contributed by atoms with Crippen LogP contribution in [0.4, 0.5) is 5.69 Å². The van der Waals surface area contributed by atoms with E-state index >= 15 is 0 Å². The summed E-state index contributed by atoms with van der Waals surface area (Å²) in [6.45, 7) is 3.89. The van der Waals surface area contributed by atoms with E-state index in [1.165, 1.54) is 29.6 Å². The number of hydrogen-bond acceptors (Lipinski definition) is 7. The van der Waals surface area contributed by atoms with Crippen LogP contribution in [0.15, 0.2) is 33.7 Å². The molecule has 3 rings (SSSR count). The van der Waals surface area contributed by atoms with Gasteiger partial charge in [0.25, 0.3) is 0 Å². The van der Waals surface area contributed by atoms with Gasteiger partial charge in [0.05, 0.1) is 30.3 Å². The minimum Gasteiger partial charge on any atom is -0.495 e. The molecule has 0 bridgehead atoms. The van der Waals surface area contributed by atoms with Crippen LogP contribution >= 0.6 is 0 Å². The molecular weight excluding hydrogens is 418 g/mol. The van der Waals surface area contributed by atoms with Crippen molar-refractivity contribution in [2.45, 2.75) is 44.0 Å². The fraction of sp³-hybridized carbons (Fsp3) is 0.500. The SMILES string of the molecule is CCCS(=O)(=O)Nc1ccc(S(=O)(=O)N2CCC[C@H]2c2cc(C)no2)c(OC)c1. The van der Waals surface area contributed by atoms with Crippen LogP contribution in [0.3, 0.4) is 0 Å². The van der Waals surface area contributed by atoms with Gasteiger partial charge in [0, 0.05) is 18.7 Å². The number of methoxy groups -OCH3 is 1. The highest BCUT2D eigenvalue weighted by Crippen LogP contribution is 2.39. The van der Waals surface area contributed by atoms with Crippen molar-refractivity contribution in [2.75, 3.05) is 24.1 Å². The molecule has 11 heteroatoms. The number of nitrogens with one attached hydrogen (secondary N) is 1. The summed E-state index contributed by atoms with van der Waals surface area (Å²) >= 11 is 0. The van der Waals surface area contributed by atoms with Gasteiger partial charge < -0.3 is 9.26 Å². The first-order chi connectivity index (χ1) is 13.7. The smallest absolute Gasteiger partial charge is 0.247 e. The zero-order chi connectivity index (χ0) is 21.2. The van der Waals surface area contributed by atoms with Crippen LogP contribution in [0.1, 0.15) is 43.7 Å². The lowest BCUT2D eigenvalue weighted by molar-refractivity contribution is 0.296. The van der Waals surface area contributed by atoms with E-state index in [0.29, 0.717) is 37.3 Å². The molecule has 1 aromatic heterocycles. The monoisotopic (exact) mass is 443 g/mol. The molecule has 0 unspecified atom stereocenters. The van der Waals surface area contributed by atoms with E-state index in [0.717, 1.165) is 0 Å². The van der Waals surface area contributed by atoms with Crippen LogP contribution in [-0.2, 0) is 20.0 Å². The average Bonchev–Trinajstić information content (AvgIpc) is 3.30. The molecule has 1 aromatic carbocycles. The zero-order valence-electron chi connectivity index (χ0n) is 16.6. The first-order valence-electron chi connectivity index (χ1n) is 9.31. The van der Waals surface area contributed by atoms with Gasteiger partial charge in [-0.25, -0.2) is 16.8 Å². The molecule has 1 saturated heterocycles. The average molecular weight is 444 g/mol. The van der Waals surface area contributed by atoms with Crippen molar-refractivity contribution in [3.05, 3.63) is 35.7 Å². The quantitative estimate of drug-likeness (QED) is 0.666. The number of aromatic nitrogens is 1. The molecule has 29 heavy (non-hydrogen) atoms. The summed E-state index contributed by atoms with van der Waals surface area (Å²) in [6.07, 6.45) is 1.79. The van der Waals surface area contributed by atoms with E-state index in [1.807, 2.05) is 0 Å². The summed E-state index contributed by atoms with van der Waals surface area (Å²) in [5.74, 6) is 0.550. The first kappa shape index (κ1) is 21.6. The maximum atomic E-state index is 13.3. The van der Waals surface area contributed by atoms with Crippen molar-refractivity contribution in [1.82, 2.24) is 9.46 Å². The predicted molar refractivity (Wildman–Crippen MR) is 108 cm³/mol. The topological polar surface area (TPSA) is 119 Å². The lowest BCUT2D eigenvalue weighted by Crippen LogP contribution is -2.31. The molecule has 0 aliphatic carbocycles. The molecule has 1 atom stereocenters. The Morgan fingerprint density at radius 3 is 2.66 bits per heavy atom. The number of hydrogen-bond donors (Lipinski definition) is 1. The zero-order valence-corrected chi connectivity index (χ0v) is 18.2. The Bertz CT molecular complexity index is 1080. The van der Waals surface area contributed by atoms with Gasteiger partial charge in [0.2, 0.25) is 20.0 Å². The number of ether oxygens (including phenoxy) is 1.